The Kier molecular flexibility index (Phi) is 45.1. The van der Waals surface area contributed by atoms with Gasteiger partial charge in [-0.3, -0.25) is 0 Å². The topological polar surface area (TPSA) is 23.8 Å². The minimum absolute atomic E-state index is 1.63. The van der Waals surface area contributed by atoms with Crippen LogP contribution in [0.5, 0.6) is 0 Å². The van der Waals surface area contributed by atoms with E-state index in [0.29, 0.717) is 0 Å². The third kappa shape index (κ3) is 57.6. The van der Waals surface area contributed by atoms with Crippen molar-refractivity contribution < 1.29 is 0 Å². The molecule has 0 bridgehead atoms. The highest BCUT2D eigenvalue weighted by Crippen LogP contribution is 1.65. The molecular formula is C74H3N. The summed E-state index contributed by atoms with van der Waals surface area (Å²) in [5, 5.41) is 8.21. The molecule has 0 aliphatic heterocycles. The fourth-order valence-corrected chi connectivity index (χ4v) is 2.25. The number of rotatable bonds is 0. The van der Waals surface area contributed by atoms with E-state index >= 15 is 0 Å². The molecule has 0 aromatic rings. The monoisotopic (exact) mass is 905 g/mol. The molecule has 0 spiro atoms. The Morgan fingerprint density at radius 3 is 0.240 bits per heavy atom. The first-order chi connectivity index (χ1) is 37.4. The van der Waals surface area contributed by atoms with E-state index in [1.54, 1.807) is 13.0 Å². The first-order valence-corrected chi connectivity index (χ1v) is 18.7. The van der Waals surface area contributed by atoms with Gasteiger partial charge in [0.05, 0.1) is 0 Å². The summed E-state index contributed by atoms with van der Waals surface area (Å²) in [6, 6.07) is 1.63. The number of nitrogens with zero attached hydrogens (tertiary/aromatic N) is 1. The van der Waals surface area contributed by atoms with Crippen molar-refractivity contribution in [1.82, 2.24) is 0 Å². The molecule has 1 heteroatoms. The van der Waals surface area contributed by atoms with Crippen LogP contribution in [-0.4, -0.2) is 0 Å². The molecule has 304 valence electrons. The zero-order chi connectivity index (χ0) is 53.6. The maximum absolute atomic E-state index is 8.21. The van der Waals surface area contributed by atoms with Gasteiger partial charge in [0.2, 0.25) is 0 Å². The molecular weight excluding hydrogens is 903 g/mol. The molecule has 0 aliphatic carbocycles. The summed E-state index contributed by atoms with van der Waals surface area (Å²) in [6.07, 6.45) is 0. The van der Waals surface area contributed by atoms with Gasteiger partial charge in [-0.1, -0.05) is 5.92 Å². The highest BCUT2D eigenvalue weighted by Gasteiger charge is 1.64. The minimum Gasteiger partial charge on any atom is -0.183 e. The maximum Gasteiger partial charge on any atom is 0.153 e. The van der Waals surface area contributed by atoms with E-state index < -0.39 is 0 Å². The predicted molar refractivity (Wildman–Crippen MR) is 291 cm³/mol. The van der Waals surface area contributed by atoms with Crippen LogP contribution in [-0.2, 0) is 0 Å². The van der Waals surface area contributed by atoms with Crippen molar-refractivity contribution in [2.24, 2.45) is 0 Å². The van der Waals surface area contributed by atoms with Crippen molar-refractivity contribution in [1.29, 1.82) is 5.26 Å². The Hall–Kier alpha value is -16.4. The van der Waals surface area contributed by atoms with Crippen LogP contribution in [0.25, 0.3) is 0 Å². The van der Waals surface area contributed by atoms with Gasteiger partial charge in [0, 0.05) is 373 Å². The number of nitriles is 1. The third-order valence-electron chi connectivity index (χ3n) is 4.56. The average molecular weight is 906 g/mol. The highest BCUT2D eigenvalue weighted by atomic mass is 14.2. The zero-order valence-corrected chi connectivity index (χ0v) is 37.9. The lowest BCUT2D eigenvalue weighted by molar-refractivity contribution is 1.55. The molecule has 0 radical (unpaired) electrons. The van der Waals surface area contributed by atoms with Crippen molar-refractivity contribution in [2.45, 2.75) is 6.92 Å². The van der Waals surface area contributed by atoms with Crippen LogP contribution in [0.2, 0.25) is 0 Å². The van der Waals surface area contributed by atoms with E-state index in [0.717, 1.165) is 0 Å². The van der Waals surface area contributed by atoms with E-state index in [1.165, 1.54) is 0 Å². The van der Waals surface area contributed by atoms with Gasteiger partial charge >= 0.3 is 0 Å². The van der Waals surface area contributed by atoms with E-state index in [-0.39, 0.29) is 0 Å². The largest absolute Gasteiger partial charge is 0.183 e. The normalized spacial score (nSPS) is 3.95. The van der Waals surface area contributed by atoms with Crippen LogP contribution < -0.4 is 0 Å². The molecule has 0 amide bonds. The summed E-state index contributed by atoms with van der Waals surface area (Å²) in [6.45, 7) is 1.68. The van der Waals surface area contributed by atoms with E-state index in [9.17, 15) is 0 Å². The van der Waals surface area contributed by atoms with Crippen LogP contribution in [0.1, 0.15) is 6.92 Å². The van der Waals surface area contributed by atoms with Crippen molar-refractivity contribution >= 4 is 0 Å². The molecule has 0 aliphatic rings. The first-order valence-electron chi connectivity index (χ1n) is 18.7. The first kappa shape index (κ1) is 58.6. The lowest BCUT2D eigenvalue weighted by Gasteiger charge is -1.58. The second-order valence-electron chi connectivity index (χ2n) is 9.24. The van der Waals surface area contributed by atoms with Crippen molar-refractivity contribution in [3.05, 3.63) is 0 Å². The second-order valence-corrected chi connectivity index (χ2v) is 9.24. The molecule has 1 nitrogen and oxygen atoms in total. The summed E-state index contributed by atoms with van der Waals surface area (Å²) in [5.41, 5.74) is 0. The standard InChI is InChI=1S/C74H3N/c1-2-3-4-5-6-7-8-9-10-11-12-13-14-15-16-17-18-19-20-21-22-23-24-25-26-27-28-29-30-31-32-33-34-35-36-37-38-39-40-41-42-43-44-45-46-47-48-49-50-51-52-53-54-55-56-57-58-59-60-61-62-63-64-65-66-67-68-69-70-71-72-73-74-75/h1H3. The van der Waals surface area contributed by atoms with Crippen molar-refractivity contribution in [3.63, 3.8) is 0 Å². The molecule has 0 aromatic carbocycles. The molecule has 0 rings (SSSR count). The summed E-state index contributed by atoms with van der Waals surface area (Å²) in [5.74, 6) is 179. The van der Waals surface area contributed by atoms with Crippen LogP contribution in [0.3, 0.4) is 0 Å². The van der Waals surface area contributed by atoms with Gasteiger partial charge in [0.1, 0.15) is 0 Å². The van der Waals surface area contributed by atoms with Gasteiger partial charge in [-0.2, -0.15) is 5.26 Å². The summed E-state index contributed by atoms with van der Waals surface area (Å²) < 4.78 is 0. The second kappa shape index (κ2) is 57.6. The van der Waals surface area contributed by atoms with Crippen LogP contribution in [0.15, 0.2) is 0 Å². The van der Waals surface area contributed by atoms with Crippen LogP contribution in [0.4, 0.5) is 0 Å². The van der Waals surface area contributed by atoms with Gasteiger partial charge in [-0.25, -0.2) is 0 Å². The number of hydrogen-bond acceptors (Lipinski definition) is 1. The van der Waals surface area contributed by atoms with Crippen LogP contribution >= 0.6 is 0 Å². The molecule has 0 aromatic heterocycles. The number of hydrogen-bond donors (Lipinski definition) is 0. The Morgan fingerprint density at radius 2 is 0.173 bits per heavy atom. The Morgan fingerprint density at radius 1 is 0.107 bits per heavy atom. The Bertz CT molecular complexity index is 5010. The third-order valence-corrected chi connectivity index (χ3v) is 4.56. The van der Waals surface area contributed by atoms with Gasteiger partial charge in [0.15, 0.2) is 6.07 Å². The minimum atomic E-state index is 1.63. The predicted octanol–water partition coefficient (Wildman–Crippen LogP) is 0.652. The molecule has 0 heterocycles. The van der Waals surface area contributed by atoms with E-state index in [4.69, 9.17) is 5.26 Å². The van der Waals surface area contributed by atoms with Crippen LogP contribution in [0, 0.1) is 438 Å². The lowest BCUT2D eigenvalue weighted by atomic mass is 10.4. The van der Waals surface area contributed by atoms with E-state index in [2.05, 4.69) is 426 Å². The summed E-state index contributed by atoms with van der Waals surface area (Å²) in [4.78, 5) is 0. The van der Waals surface area contributed by atoms with Gasteiger partial charge in [0.25, 0.3) is 0 Å². The molecule has 0 N–H and O–H groups in total. The molecule has 0 atom stereocenters. The molecule has 0 saturated heterocycles. The van der Waals surface area contributed by atoms with Gasteiger partial charge in [-0.15, -0.1) is 0 Å². The maximum atomic E-state index is 8.21. The smallest absolute Gasteiger partial charge is 0.153 e. The summed E-state index contributed by atoms with van der Waals surface area (Å²) >= 11 is 0. The fourth-order valence-electron chi connectivity index (χ4n) is 2.25. The van der Waals surface area contributed by atoms with Gasteiger partial charge in [-0.05, 0) is 54.3 Å². The van der Waals surface area contributed by atoms with Crippen molar-refractivity contribution in [3.8, 4) is 432 Å². The SMILES string of the molecule is CC#CC#CC#CC#CC#CC#CC#CC#CC#CC#CC#CC#CC#CC#CC#CC#CC#CC#CC#CC#CC#CC#CC#CC#CC#CC#CC#CC#CC#CC#CC#CC#CC#CC#CC#CC#CC#N. The summed E-state index contributed by atoms with van der Waals surface area (Å²) in [7, 11) is 0. The molecule has 0 unspecified atom stereocenters. The molecule has 0 fully saturated rings. The highest BCUT2D eigenvalue weighted by molar-refractivity contribution is 5.53. The fraction of sp³-hybridized carbons (Fsp3) is 0.0135. The average Bonchev–Trinajstić information content (AvgIpc) is 3.42. The Balaban J connectivity index is 4.61. The molecule has 75 heavy (non-hydrogen) atoms. The zero-order valence-electron chi connectivity index (χ0n) is 37.9. The lowest BCUT2D eigenvalue weighted by Crippen LogP contribution is -1.57. The van der Waals surface area contributed by atoms with E-state index in [1.807, 2.05) is 0 Å². The quantitative estimate of drug-likeness (QED) is 0.329. The molecule has 0 saturated carbocycles. The Labute approximate surface area is 442 Å². The van der Waals surface area contributed by atoms with Crippen molar-refractivity contribution in [2.75, 3.05) is 0 Å². The van der Waals surface area contributed by atoms with Gasteiger partial charge < -0.3 is 0 Å².